The maximum absolute atomic E-state index is 11.4. The van der Waals surface area contributed by atoms with Crippen LogP contribution in [0.3, 0.4) is 0 Å². The Labute approximate surface area is 101 Å². The van der Waals surface area contributed by atoms with Crippen molar-refractivity contribution in [3.8, 4) is 0 Å². The van der Waals surface area contributed by atoms with Gasteiger partial charge < -0.3 is 15.3 Å². The van der Waals surface area contributed by atoms with E-state index in [1.807, 2.05) is 0 Å². The molecule has 5 heteroatoms. The molecule has 0 aromatic carbocycles. The highest BCUT2D eigenvalue weighted by Gasteiger charge is 2.34. The van der Waals surface area contributed by atoms with Gasteiger partial charge in [0.2, 0.25) is 5.91 Å². The van der Waals surface area contributed by atoms with Gasteiger partial charge in [0.1, 0.15) is 0 Å². The summed E-state index contributed by atoms with van der Waals surface area (Å²) in [5.41, 5.74) is 0. The minimum absolute atomic E-state index is 0.127. The average molecular weight is 240 g/mol. The molecule has 1 unspecified atom stereocenters. The summed E-state index contributed by atoms with van der Waals surface area (Å²) in [5.74, 6) is -0.617. The average Bonchev–Trinajstić information content (AvgIpc) is 2.98. The molecule has 1 heterocycles. The van der Waals surface area contributed by atoms with Gasteiger partial charge >= 0.3 is 5.97 Å². The van der Waals surface area contributed by atoms with E-state index in [0.29, 0.717) is 12.5 Å². The van der Waals surface area contributed by atoms with Gasteiger partial charge in [-0.15, -0.1) is 0 Å². The van der Waals surface area contributed by atoms with E-state index in [0.717, 1.165) is 32.5 Å². The van der Waals surface area contributed by atoms with Crippen molar-refractivity contribution in [3.63, 3.8) is 0 Å². The predicted molar refractivity (Wildman–Crippen MR) is 62.5 cm³/mol. The van der Waals surface area contributed by atoms with Crippen LogP contribution in [0.5, 0.6) is 0 Å². The fourth-order valence-corrected chi connectivity index (χ4v) is 2.10. The maximum Gasteiger partial charge on any atom is 0.306 e. The number of aliphatic carboxylic acids is 1. The molecule has 2 fully saturated rings. The monoisotopic (exact) mass is 240 g/mol. The van der Waals surface area contributed by atoms with Crippen LogP contribution >= 0.6 is 0 Å². The van der Waals surface area contributed by atoms with Crippen LogP contribution in [0.15, 0.2) is 0 Å². The molecule has 0 bridgehead atoms. The Morgan fingerprint density at radius 1 is 1.41 bits per heavy atom. The van der Waals surface area contributed by atoms with Gasteiger partial charge in [-0.1, -0.05) is 6.92 Å². The highest BCUT2D eigenvalue weighted by molar-refractivity contribution is 5.76. The summed E-state index contributed by atoms with van der Waals surface area (Å²) < 4.78 is 0. The number of carboxylic acid groups (broad SMARTS) is 1. The molecule has 0 aromatic heterocycles. The largest absolute Gasteiger partial charge is 0.481 e. The quantitative estimate of drug-likeness (QED) is 0.701. The number of carbonyl (C=O) groups is 2. The molecule has 96 valence electrons. The number of nitrogens with one attached hydrogen (secondary N) is 1. The fourth-order valence-electron chi connectivity index (χ4n) is 2.10. The lowest BCUT2D eigenvalue weighted by molar-refractivity contribution is -0.145. The van der Waals surface area contributed by atoms with Crippen LogP contribution in [-0.2, 0) is 9.59 Å². The third-order valence-electron chi connectivity index (χ3n) is 3.68. The van der Waals surface area contributed by atoms with Gasteiger partial charge in [0.25, 0.3) is 0 Å². The Bertz CT molecular complexity index is 309. The topological polar surface area (TPSA) is 69.6 Å². The van der Waals surface area contributed by atoms with Crippen molar-refractivity contribution >= 4 is 11.9 Å². The van der Waals surface area contributed by atoms with Gasteiger partial charge in [0, 0.05) is 32.1 Å². The summed E-state index contributed by atoms with van der Waals surface area (Å²) in [7, 11) is 0. The van der Waals surface area contributed by atoms with E-state index in [2.05, 4.69) is 10.2 Å². The van der Waals surface area contributed by atoms with Gasteiger partial charge in [-0.05, 0) is 18.8 Å². The number of hydrogen-bond donors (Lipinski definition) is 2. The SMILES string of the molecule is CC(C(=O)O)C1CN(CCC(=O)NC2CC2)C1. The first kappa shape index (κ1) is 12.4. The summed E-state index contributed by atoms with van der Waals surface area (Å²) in [5, 5.41) is 11.8. The summed E-state index contributed by atoms with van der Waals surface area (Å²) in [6, 6.07) is 0.429. The molecule has 1 atom stereocenters. The highest BCUT2D eigenvalue weighted by atomic mass is 16.4. The Hall–Kier alpha value is -1.10. The zero-order valence-corrected chi connectivity index (χ0v) is 10.2. The molecular weight excluding hydrogens is 220 g/mol. The number of rotatable bonds is 6. The zero-order valence-electron chi connectivity index (χ0n) is 10.2. The second-order valence-corrected chi connectivity index (χ2v) is 5.24. The number of carbonyl (C=O) groups excluding carboxylic acids is 1. The smallest absolute Gasteiger partial charge is 0.306 e. The molecule has 2 N–H and O–H groups in total. The van der Waals surface area contributed by atoms with E-state index >= 15 is 0 Å². The molecule has 0 spiro atoms. The molecule has 1 amide bonds. The summed E-state index contributed by atoms with van der Waals surface area (Å²) >= 11 is 0. The molecule has 1 saturated heterocycles. The zero-order chi connectivity index (χ0) is 12.4. The molecule has 2 rings (SSSR count). The minimum Gasteiger partial charge on any atom is -0.481 e. The van der Waals surface area contributed by atoms with Crippen molar-refractivity contribution in [1.29, 1.82) is 0 Å². The second kappa shape index (κ2) is 5.04. The summed E-state index contributed by atoms with van der Waals surface area (Å²) in [6.07, 6.45) is 2.77. The van der Waals surface area contributed by atoms with Gasteiger partial charge in [-0.3, -0.25) is 9.59 Å². The van der Waals surface area contributed by atoms with Crippen LogP contribution < -0.4 is 5.32 Å². The number of nitrogens with zero attached hydrogens (tertiary/aromatic N) is 1. The van der Waals surface area contributed by atoms with Crippen molar-refractivity contribution in [1.82, 2.24) is 10.2 Å². The van der Waals surface area contributed by atoms with E-state index in [1.165, 1.54) is 0 Å². The lowest BCUT2D eigenvalue weighted by atomic mass is 9.87. The number of hydrogen-bond acceptors (Lipinski definition) is 3. The number of likely N-dealkylation sites (tertiary alicyclic amines) is 1. The highest BCUT2D eigenvalue weighted by Crippen LogP contribution is 2.24. The molecule has 1 aliphatic carbocycles. The molecule has 0 aromatic rings. The Morgan fingerprint density at radius 2 is 2.06 bits per heavy atom. The third kappa shape index (κ3) is 3.43. The van der Waals surface area contributed by atoms with E-state index in [1.54, 1.807) is 6.92 Å². The van der Waals surface area contributed by atoms with Crippen LogP contribution in [-0.4, -0.2) is 47.6 Å². The molecule has 2 aliphatic rings. The molecule has 17 heavy (non-hydrogen) atoms. The normalized spacial score (nSPS) is 22.9. The first-order valence-electron chi connectivity index (χ1n) is 6.31. The fraction of sp³-hybridized carbons (Fsp3) is 0.833. The first-order chi connectivity index (χ1) is 8.06. The van der Waals surface area contributed by atoms with Gasteiger partial charge in [-0.25, -0.2) is 0 Å². The number of carboxylic acids is 1. The molecule has 1 saturated carbocycles. The minimum atomic E-state index is -0.721. The van der Waals surface area contributed by atoms with Gasteiger partial charge in [0.15, 0.2) is 0 Å². The van der Waals surface area contributed by atoms with Crippen molar-refractivity contribution < 1.29 is 14.7 Å². The van der Waals surface area contributed by atoms with Gasteiger partial charge in [-0.2, -0.15) is 0 Å². The van der Waals surface area contributed by atoms with Crippen LogP contribution in [0.4, 0.5) is 0 Å². The number of amides is 1. The van der Waals surface area contributed by atoms with Crippen LogP contribution in [0.25, 0.3) is 0 Å². The lowest BCUT2D eigenvalue weighted by Gasteiger charge is -2.41. The summed E-state index contributed by atoms with van der Waals surface area (Å²) in [4.78, 5) is 24.3. The van der Waals surface area contributed by atoms with E-state index in [9.17, 15) is 9.59 Å². The molecule has 0 radical (unpaired) electrons. The predicted octanol–water partition coefficient (Wildman–Crippen LogP) is 0.308. The summed E-state index contributed by atoms with van der Waals surface area (Å²) in [6.45, 7) is 4.12. The van der Waals surface area contributed by atoms with Crippen molar-refractivity contribution in [2.45, 2.75) is 32.2 Å². The second-order valence-electron chi connectivity index (χ2n) is 5.24. The van der Waals surface area contributed by atoms with Crippen LogP contribution in [0.2, 0.25) is 0 Å². The van der Waals surface area contributed by atoms with Gasteiger partial charge in [0.05, 0.1) is 5.92 Å². The molecular formula is C12H20N2O3. The van der Waals surface area contributed by atoms with Crippen molar-refractivity contribution in [2.24, 2.45) is 11.8 Å². The Kier molecular flexibility index (Phi) is 3.66. The maximum atomic E-state index is 11.4. The van der Waals surface area contributed by atoms with E-state index in [-0.39, 0.29) is 17.7 Å². The first-order valence-corrected chi connectivity index (χ1v) is 6.31. The van der Waals surface area contributed by atoms with Crippen molar-refractivity contribution in [3.05, 3.63) is 0 Å². The lowest BCUT2D eigenvalue weighted by Crippen LogP contribution is -2.51. The van der Waals surface area contributed by atoms with Crippen molar-refractivity contribution in [2.75, 3.05) is 19.6 Å². The molecule has 1 aliphatic heterocycles. The van der Waals surface area contributed by atoms with E-state index < -0.39 is 5.97 Å². The Balaban J connectivity index is 1.57. The Morgan fingerprint density at radius 3 is 2.59 bits per heavy atom. The third-order valence-corrected chi connectivity index (χ3v) is 3.68. The standard InChI is InChI=1S/C12H20N2O3/c1-8(12(16)17)9-6-14(7-9)5-4-11(15)13-10-2-3-10/h8-10H,2-7H2,1H3,(H,13,15)(H,16,17). The molecule has 5 nitrogen and oxygen atoms in total. The van der Waals surface area contributed by atoms with Crippen LogP contribution in [0, 0.1) is 11.8 Å². The van der Waals surface area contributed by atoms with Crippen LogP contribution in [0.1, 0.15) is 26.2 Å². The van der Waals surface area contributed by atoms with E-state index in [4.69, 9.17) is 5.11 Å².